The lowest BCUT2D eigenvalue weighted by Gasteiger charge is -2.09. The van der Waals surface area contributed by atoms with Gasteiger partial charge in [-0.15, -0.1) is 0 Å². The zero-order valence-corrected chi connectivity index (χ0v) is 14.6. The summed E-state index contributed by atoms with van der Waals surface area (Å²) in [5, 5.41) is 1.72. The maximum atomic E-state index is 14.4. The second-order valence-electron chi connectivity index (χ2n) is 6.07. The quantitative estimate of drug-likeness (QED) is 0.504. The number of benzene rings is 2. The third-order valence-electron chi connectivity index (χ3n) is 4.24. The summed E-state index contributed by atoms with van der Waals surface area (Å²) in [6, 6.07) is 16.3. The Labute approximate surface area is 155 Å². The van der Waals surface area contributed by atoms with E-state index >= 15 is 0 Å². The van der Waals surface area contributed by atoms with Crippen LogP contribution in [0.3, 0.4) is 0 Å². The van der Waals surface area contributed by atoms with Gasteiger partial charge in [0.05, 0.1) is 0 Å². The average molecular weight is 367 g/mol. The number of ether oxygens (including phenoxy) is 1. The summed E-state index contributed by atoms with van der Waals surface area (Å²) < 4.78 is 20.0. The standard InChI is InChI=1S/C21H16ClFN2O/c22-17-6-3-14(4-7-17)13-26-20-8-5-15(11-19(20)23)10-16-12-25-21-18(16)2-1-9-24-21/h1-9,11-12H,10,13H2,(H,24,25). The molecular formula is C21H16ClFN2O. The minimum Gasteiger partial charge on any atom is -0.486 e. The molecule has 0 saturated carbocycles. The monoisotopic (exact) mass is 366 g/mol. The van der Waals surface area contributed by atoms with Crippen LogP contribution in [0.1, 0.15) is 16.7 Å². The lowest BCUT2D eigenvalue weighted by Crippen LogP contribution is -1.98. The van der Waals surface area contributed by atoms with Gasteiger partial charge in [0.1, 0.15) is 12.3 Å². The van der Waals surface area contributed by atoms with E-state index in [1.54, 1.807) is 24.4 Å². The number of fused-ring (bicyclic) bond motifs is 1. The summed E-state index contributed by atoms with van der Waals surface area (Å²) in [7, 11) is 0. The van der Waals surface area contributed by atoms with Crippen LogP contribution in [0.15, 0.2) is 67.0 Å². The third-order valence-corrected chi connectivity index (χ3v) is 4.49. The highest BCUT2D eigenvalue weighted by Crippen LogP contribution is 2.24. The molecule has 4 rings (SSSR count). The Balaban J connectivity index is 1.48. The molecule has 0 amide bonds. The van der Waals surface area contributed by atoms with Crippen molar-refractivity contribution in [1.29, 1.82) is 0 Å². The fourth-order valence-corrected chi connectivity index (χ4v) is 3.02. The second-order valence-corrected chi connectivity index (χ2v) is 6.51. The Hall–Kier alpha value is -2.85. The first kappa shape index (κ1) is 16.6. The molecule has 0 bridgehead atoms. The van der Waals surface area contributed by atoms with Crippen LogP contribution in [0.25, 0.3) is 11.0 Å². The minimum atomic E-state index is -0.366. The Morgan fingerprint density at radius 3 is 2.65 bits per heavy atom. The third kappa shape index (κ3) is 3.55. The van der Waals surface area contributed by atoms with Gasteiger partial charge in [0, 0.05) is 22.8 Å². The predicted octanol–water partition coefficient (Wildman–Crippen LogP) is 5.53. The largest absolute Gasteiger partial charge is 0.486 e. The van der Waals surface area contributed by atoms with Gasteiger partial charge in [-0.3, -0.25) is 0 Å². The molecule has 0 fully saturated rings. The molecule has 0 spiro atoms. The smallest absolute Gasteiger partial charge is 0.165 e. The molecule has 0 aliphatic heterocycles. The Bertz CT molecular complexity index is 1040. The van der Waals surface area contributed by atoms with Gasteiger partial charge in [-0.05, 0) is 59.5 Å². The molecule has 0 aliphatic carbocycles. The van der Waals surface area contributed by atoms with Gasteiger partial charge in [0.2, 0.25) is 0 Å². The van der Waals surface area contributed by atoms with E-state index in [1.165, 1.54) is 6.07 Å². The van der Waals surface area contributed by atoms with Crippen LogP contribution in [-0.2, 0) is 13.0 Å². The van der Waals surface area contributed by atoms with Crippen molar-refractivity contribution < 1.29 is 9.13 Å². The molecule has 0 saturated heterocycles. The molecule has 4 aromatic rings. The number of H-pyrrole nitrogens is 1. The molecule has 0 aliphatic rings. The topological polar surface area (TPSA) is 37.9 Å². The number of halogens is 2. The fourth-order valence-electron chi connectivity index (χ4n) is 2.89. The normalized spacial score (nSPS) is 11.0. The molecular weight excluding hydrogens is 351 g/mol. The van der Waals surface area contributed by atoms with E-state index in [4.69, 9.17) is 16.3 Å². The van der Waals surface area contributed by atoms with Gasteiger partial charge in [-0.2, -0.15) is 0 Å². The summed E-state index contributed by atoms with van der Waals surface area (Å²) in [6.45, 7) is 0.293. The Kier molecular flexibility index (Phi) is 4.59. The number of aromatic nitrogens is 2. The number of nitrogens with zero attached hydrogens (tertiary/aromatic N) is 1. The van der Waals surface area contributed by atoms with Gasteiger partial charge in [-0.25, -0.2) is 9.37 Å². The van der Waals surface area contributed by atoms with Crippen molar-refractivity contribution in [3.05, 3.63) is 94.5 Å². The summed E-state index contributed by atoms with van der Waals surface area (Å²) in [6.07, 6.45) is 4.29. The number of aromatic amines is 1. The summed E-state index contributed by atoms with van der Waals surface area (Å²) in [5.74, 6) is -0.126. The Morgan fingerprint density at radius 1 is 1.04 bits per heavy atom. The number of rotatable bonds is 5. The molecule has 1 N–H and O–H groups in total. The van der Waals surface area contributed by atoms with Crippen molar-refractivity contribution in [2.24, 2.45) is 0 Å². The van der Waals surface area contributed by atoms with E-state index in [-0.39, 0.29) is 11.6 Å². The van der Waals surface area contributed by atoms with Crippen molar-refractivity contribution in [3.63, 3.8) is 0 Å². The first-order chi connectivity index (χ1) is 12.7. The lowest BCUT2D eigenvalue weighted by atomic mass is 10.0. The predicted molar refractivity (Wildman–Crippen MR) is 101 cm³/mol. The summed E-state index contributed by atoms with van der Waals surface area (Å²) >= 11 is 5.86. The maximum absolute atomic E-state index is 14.4. The molecule has 26 heavy (non-hydrogen) atoms. The lowest BCUT2D eigenvalue weighted by molar-refractivity contribution is 0.290. The molecule has 130 valence electrons. The number of nitrogens with one attached hydrogen (secondary N) is 1. The van der Waals surface area contributed by atoms with Crippen LogP contribution in [0.5, 0.6) is 5.75 Å². The van der Waals surface area contributed by atoms with E-state index in [9.17, 15) is 4.39 Å². The molecule has 0 atom stereocenters. The van der Waals surface area contributed by atoms with E-state index in [0.717, 1.165) is 27.7 Å². The second kappa shape index (κ2) is 7.18. The van der Waals surface area contributed by atoms with Gasteiger partial charge in [-0.1, -0.05) is 29.8 Å². The number of hydrogen-bond donors (Lipinski definition) is 1. The van der Waals surface area contributed by atoms with Crippen molar-refractivity contribution in [3.8, 4) is 5.75 Å². The highest BCUT2D eigenvalue weighted by atomic mass is 35.5. The van der Waals surface area contributed by atoms with Gasteiger partial charge in [0.25, 0.3) is 0 Å². The average Bonchev–Trinajstić information content (AvgIpc) is 3.06. The van der Waals surface area contributed by atoms with Crippen LogP contribution < -0.4 is 4.74 Å². The van der Waals surface area contributed by atoms with Crippen LogP contribution >= 0.6 is 11.6 Å². The van der Waals surface area contributed by atoms with Crippen LogP contribution in [-0.4, -0.2) is 9.97 Å². The van der Waals surface area contributed by atoms with Crippen molar-refractivity contribution in [2.45, 2.75) is 13.0 Å². The summed E-state index contributed by atoms with van der Waals surface area (Å²) in [5.41, 5.74) is 3.74. The van der Waals surface area contributed by atoms with Crippen LogP contribution in [0, 0.1) is 5.82 Å². The Morgan fingerprint density at radius 2 is 1.85 bits per heavy atom. The van der Waals surface area contributed by atoms with Crippen molar-refractivity contribution in [2.75, 3.05) is 0 Å². The molecule has 0 radical (unpaired) electrons. The minimum absolute atomic E-state index is 0.240. The maximum Gasteiger partial charge on any atom is 0.165 e. The van der Waals surface area contributed by atoms with E-state index < -0.39 is 0 Å². The zero-order chi connectivity index (χ0) is 17.9. The highest BCUT2D eigenvalue weighted by Gasteiger charge is 2.09. The van der Waals surface area contributed by atoms with E-state index in [1.807, 2.05) is 36.5 Å². The summed E-state index contributed by atoms with van der Waals surface area (Å²) in [4.78, 5) is 7.41. The molecule has 2 aromatic heterocycles. The molecule has 3 nitrogen and oxygen atoms in total. The van der Waals surface area contributed by atoms with E-state index in [0.29, 0.717) is 18.1 Å². The first-order valence-corrected chi connectivity index (χ1v) is 8.63. The molecule has 2 heterocycles. The first-order valence-electron chi connectivity index (χ1n) is 8.26. The van der Waals surface area contributed by atoms with Crippen LogP contribution in [0.4, 0.5) is 4.39 Å². The van der Waals surface area contributed by atoms with Gasteiger partial charge in [0.15, 0.2) is 11.6 Å². The van der Waals surface area contributed by atoms with Gasteiger partial charge < -0.3 is 9.72 Å². The zero-order valence-electron chi connectivity index (χ0n) is 13.9. The SMILES string of the molecule is Fc1cc(Cc2c[nH]c3ncccc23)ccc1OCc1ccc(Cl)cc1. The number of hydrogen-bond acceptors (Lipinski definition) is 2. The van der Waals surface area contributed by atoms with E-state index in [2.05, 4.69) is 9.97 Å². The van der Waals surface area contributed by atoms with Gasteiger partial charge >= 0.3 is 0 Å². The van der Waals surface area contributed by atoms with Crippen molar-refractivity contribution >= 4 is 22.6 Å². The molecule has 0 unspecified atom stereocenters. The molecule has 2 aromatic carbocycles. The van der Waals surface area contributed by atoms with Crippen molar-refractivity contribution in [1.82, 2.24) is 9.97 Å². The fraction of sp³-hybridized carbons (Fsp3) is 0.0952. The van der Waals surface area contributed by atoms with Crippen LogP contribution in [0.2, 0.25) is 5.02 Å². The highest BCUT2D eigenvalue weighted by molar-refractivity contribution is 6.30. The number of pyridine rings is 1. The molecule has 5 heteroatoms.